The maximum Gasteiger partial charge on any atom is 0.404 e. The Morgan fingerprint density at radius 3 is 2.35 bits per heavy atom. The van der Waals surface area contributed by atoms with Crippen LogP contribution in [0.1, 0.15) is 24.8 Å². The number of hydrogen-bond donors (Lipinski definition) is 1. The summed E-state index contributed by atoms with van der Waals surface area (Å²) in [7, 11) is 0. The van der Waals surface area contributed by atoms with Crippen LogP contribution in [0.4, 0.5) is 13.6 Å². The zero-order chi connectivity index (χ0) is 16.9. The number of hydrogen-bond acceptors (Lipinski definition) is 4. The van der Waals surface area contributed by atoms with Crippen LogP contribution in [0.15, 0.2) is 30.3 Å². The quantitative estimate of drug-likeness (QED) is 0.597. The topological polar surface area (TPSA) is 70.8 Å². The molecule has 0 aliphatic carbocycles. The van der Waals surface area contributed by atoms with E-state index in [9.17, 15) is 13.6 Å². The van der Waals surface area contributed by atoms with Gasteiger partial charge in [0.2, 0.25) is 6.43 Å². The lowest BCUT2D eigenvalue weighted by atomic mass is 10.1. The van der Waals surface area contributed by atoms with Gasteiger partial charge in [0.25, 0.3) is 0 Å². The van der Waals surface area contributed by atoms with Crippen molar-refractivity contribution >= 4 is 6.09 Å². The number of ether oxygens (including phenoxy) is 3. The summed E-state index contributed by atoms with van der Waals surface area (Å²) in [6.45, 7) is 1.60. The Labute approximate surface area is 134 Å². The van der Waals surface area contributed by atoms with Crippen molar-refractivity contribution < 1.29 is 27.8 Å². The van der Waals surface area contributed by atoms with Crippen LogP contribution in [0.5, 0.6) is 0 Å². The summed E-state index contributed by atoms with van der Waals surface area (Å²) in [4.78, 5) is 10.7. The lowest BCUT2D eigenvalue weighted by molar-refractivity contribution is 0.0177. The molecule has 0 radical (unpaired) electrons. The summed E-state index contributed by atoms with van der Waals surface area (Å²) in [5.74, 6) is 0. The van der Waals surface area contributed by atoms with Gasteiger partial charge in [-0.15, -0.1) is 0 Å². The van der Waals surface area contributed by atoms with Crippen molar-refractivity contribution in [1.29, 1.82) is 0 Å². The average Bonchev–Trinajstić information content (AvgIpc) is 2.52. The first-order valence-electron chi connectivity index (χ1n) is 7.51. The van der Waals surface area contributed by atoms with E-state index in [-0.39, 0.29) is 19.4 Å². The number of rotatable bonds is 12. The minimum atomic E-state index is -2.43. The second-order valence-corrected chi connectivity index (χ2v) is 4.97. The zero-order valence-corrected chi connectivity index (χ0v) is 13.0. The van der Waals surface area contributed by atoms with Gasteiger partial charge in [-0.1, -0.05) is 30.3 Å². The van der Waals surface area contributed by atoms with Crippen LogP contribution < -0.4 is 5.73 Å². The highest BCUT2D eigenvalue weighted by molar-refractivity contribution is 5.64. The molecule has 1 aromatic carbocycles. The number of amides is 1. The third-order valence-corrected chi connectivity index (χ3v) is 3.06. The molecule has 0 spiro atoms. The predicted octanol–water partition coefficient (Wildman–Crippen LogP) is 3.12. The number of carbonyl (C=O) groups is 1. The Morgan fingerprint density at radius 2 is 1.70 bits per heavy atom. The van der Waals surface area contributed by atoms with Crippen LogP contribution in [0.25, 0.3) is 0 Å². The number of carbonyl (C=O) groups excluding carboxylic acids is 1. The number of nitrogens with two attached hydrogens (primary N) is 1. The van der Waals surface area contributed by atoms with Crippen LogP contribution in [-0.2, 0) is 20.8 Å². The van der Waals surface area contributed by atoms with Crippen LogP contribution in [0, 0.1) is 0 Å². The number of primary amides is 1. The Hall–Kier alpha value is -1.73. The van der Waals surface area contributed by atoms with Crippen molar-refractivity contribution in [3.8, 4) is 0 Å². The maximum atomic E-state index is 12.2. The molecule has 1 unspecified atom stereocenters. The molecule has 5 nitrogen and oxygen atoms in total. The maximum absolute atomic E-state index is 12.2. The van der Waals surface area contributed by atoms with Crippen LogP contribution >= 0.6 is 0 Å². The molecule has 2 N–H and O–H groups in total. The average molecular weight is 331 g/mol. The van der Waals surface area contributed by atoms with Crippen molar-refractivity contribution in [2.45, 2.75) is 38.4 Å². The first-order chi connectivity index (χ1) is 11.1. The molecular weight excluding hydrogens is 308 g/mol. The standard InChI is InChI=1S/C16H23F2NO4/c17-15(18)7-6-14(23-16(19)20)8-9-21-10-11-22-12-13-4-2-1-3-5-13/h1-5,14-15H,6-12H2,(H2,19,20). The predicted molar refractivity (Wildman–Crippen MR) is 81.2 cm³/mol. The minimum Gasteiger partial charge on any atom is -0.446 e. The normalized spacial score (nSPS) is 12.3. The fraction of sp³-hybridized carbons (Fsp3) is 0.562. The highest BCUT2D eigenvalue weighted by Crippen LogP contribution is 2.12. The molecule has 0 saturated heterocycles. The minimum absolute atomic E-state index is 0.0640. The zero-order valence-electron chi connectivity index (χ0n) is 13.0. The lowest BCUT2D eigenvalue weighted by Crippen LogP contribution is -2.25. The molecule has 0 bridgehead atoms. The molecule has 130 valence electrons. The third kappa shape index (κ3) is 10.6. The van der Waals surface area contributed by atoms with Crippen molar-refractivity contribution in [3.05, 3.63) is 35.9 Å². The molecule has 0 heterocycles. The third-order valence-electron chi connectivity index (χ3n) is 3.06. The van der Waals surface area contributed by atoms with Gasteiger partial charge in [-0.2, -0.15) is 0 Å². The molecule has 1 amide bonds. The molecule has 0 aromatic heterocycles. The summed E-state index contributed by atoms with van der Waals surface area (Å²) < 4.78 is 39.9. The van der Waals surface area contributed by atoms with Gasteiger partial charge in [0, 0.05) is 12.8 Å². The molecule has 0 fully saturated rings. The first kappa shape index (κ1) is 19.3. The Kier molecular flexibility index (Phi) is 9.90. The van der Waals surface area contributed by atoms with E-state index in [1.807, 2.05) is 30.3 Å². The largest absolute Gasteiger partial charge is 0.446 e. The first-order valence-corrected chi connectivity index (χ1v) is 7.51. The number of halogens is 2. The summed E-state index contributed by atoms with van der Waals surface area (Å²) in [5.41, 5.74) is 5.99. The summed E-state index contributed by atoms with van der Waals surface area (Å²) in [6, 6.07) is 9.75. The monoisotopic (exact) mass is 331 g/mol. The van der Waals surface area contributed by atoms with Gasteiger partial charge in [-0.3, -0.25) is 0 Å². The Bertz CT molecular complexity index is 431. The fourth-order valence-electron chi connectivity index (χ4n) is 1.94. The summed E-state index contributed by atoms with van der Waals surface area (Å²) in [5, 5.41) is 0. The van der Waals surface area contributed by atoms with Gasteiger partial charge < -0.3 is 19.9 Å². The van der Waals surface area contributed by atoms with E-state index >= 15 is 0 Å². The molecule has 7 heteroatoms. The van der Waals surface area contributed by atoms with E-state index in [2.05, 4.69) is 0 Å². The summed E-state index contributed by atoms with van der Waals surface area (Å²) >= 11 is 0. The second kappa shape index (κ2) is 11.8. The van der Waals surface area contributed by atoms with Crippen LogP contribution in [-0.4, -0.2) is 38.4 Å². The fourth-order valence-corrected chi connectivity index (χ4v) is 1.94. The number of alkyl halides is 2. The van der Waals surface area contributed by atoms with E-state index in [4.69, 9.17) is 19.9 Å². The van der Waals surface area contributed by atoms with Crippen molar-refractivity contribution in [1.82, 2.24) is 0 Å². The van der Waals surface area contributed by atoms with Gasteiger partial charge in [0.1, 0.15) is 6.10 Å². The molecular formula is C16H23F2NO4. The van der Waals surface area contributed by atoms with E-state index in [0.29, 0.717) is 26.2 Å². The van der Waals surface area contributed by atoms with Crippen LogP contribution in [0.3, 0.4) is 0 Å². The van der Waals surface area contributed by atoms with Gasteiger partial charge in [0.15, 0.2) is 0 Å². The van der Waals surface area contributed by atoms with E-state index in [0.717, 1.165) is 5.56 Å². The highest BCUT2D eigenvalue weighted by atomic mass is 19.3. The second-order valence-electron chi connectivity index (χ2n) is 4.97. The highest BCUT2D eigenvalue weighted by Gasteiger charge is 2.15. The van der Waals surface area contributed by atoms with Crippen molar-refractivity contribution in [2.24, 2.45) is 5.73 Å². The molecule has 1 atom stereocenters. The molecule has 1 aromatic rings. The molecule has 0 saturated carbocycles. The summed E-state index contributed by atoms with van der Waals surface area (Å²) in [6.07, 6.45) is -3.98. The van der Waals surface area contributed by atoms with E-state index in [1.54, 1.807) is 0 Å². The van der Waals surface area contributed by atoms with Crippen LogP contribution in [0.2, 0.25) is 0 Å². The van der Waals surface area contributed by atoms with E-state index < -0.39 is 18.6 Å². The number of benzene rings is 1. The lowest BCUT2D eigenvalue weighted by Gasteiger charge is -2.16. The van der Waals surface area contributed by atoms with Gasteiger partial charge in [-0.25, -0.2) is 13.6 Å². The van der Waals surface area contributed by atoms with Gasteiger partial charge in [0.05, 0.1) is 26.4 Å². The molecule has 23 heavy (non-hydrogen) atoms. The Morgan fingerprint density at radius 1 is 1.00 bits per heavy atom. The van der Waals surface area contributed by atoms with Crippen molar-refractivity contribution in [2.75, 3.05) is 19.8 Å². The van der Waals surface area contributed by atoms with E-state index in [1.165, 1.54) is 0 Å². The Balaban J connectivity index is 2.07. The van der Waals surface area contributed by atoms with Gasteiger partial charge in [-0.05, 0) is 12.0 Å². The smallest absolute Gasteiger partial charge is 0.404 e. The van der Waals surface area contributed by atoms with Crippen molar-refractivity contribution in [3.63, 3.8) is 0 Å². The molecule has 0 aliphatic heterocycles. The van der Waals surface area contributed by atoms with Gasteiger partial charge >= 0.3 is 6.09 Å². The molecule has 0 aliphatic rings. The molecule has 1 rings (SSSR count). The SMILES string of the molecule is NC(=O)OC(CCOCCOCc1ccccc1)CCC(F)F.